The maximum absolute atomic E-state index is 12.1. The molecule has 0 bridgehead atoms. The molecule has 1 aliphatic rings. The molecule has 23 heavy (non-hydrogen) atoms. The van der Waals surface area contributed by atoms with Crippen LogP contribution in [0.2, 0.25) is 0 Å². The molecule has 1 atom stereocenters. The topological polar surface area (TPSA) is 69.7 Å². The molecule has 0 spiro atoms. The quantitative estimate of drug-likeness (QED) is 0.867. The van der Waals surface area contributed by atoms with Crippen molar-refractivity contribution in [3.63, 3.8) is 0 Å². The van der Waals surface area contributed by atoms with E-state index in [9.17, 15) is 13.2 Å². The summed E-state index contributed by atoms with van der Waals surface area (Å²) in [6, 6.07) is 10.2. The number of likely N-dealkylation sites (N-methyl/N-ethyl adjacent to an activating group) is 1. The summed E-state index contributed by atoms with van der Waals surface area (Å²) in [5, 5.41) is 2.90. The van der Waals surface area contributed by atoms with E-state index in [0.29, 0.717) is 6.54 Å². The van der Waals surface area contributed by atoms with Crippen LogP contribution in [0.25, 0.3) is 0 Å². The fraction of sp³-hybridized carbons (Fsp3) is 0.562. The minimum atomic E-state index is -2.96. The Hall–Kier alpha value is -1.60. The van der Waals surface area contributed by atoms with Gasteiger partial charge in [-0.15, -0.1) is 0 Å². The number of urea groups is 1. The van der Waals surface area contributed by atoms with E-state index in [-0.39, 0.29) is 36.7 Å². The van der Waals surface area contributed by atoms with Gasteiger partial charge in [-0.25, -0.2) is 13.2 Å². The molecule has 1 saturated heterocycles. The summed E-state index contributed by atoms with van der Waals surface area (Å²) in [5.74, 6) is 0.119. The van der Waals surface area contributed by atoms with Gasteiger partial charge in [0.15, 0.2) is 9.84 Å². The zero-order valence-electron chi connectivity index (χ0n) is 13.7. The molecule has 1 unspecified atom stereocenters. The first-order valence-electron chi connectivity index (χ1n) is 7.85. The fourth-order valence-corrected chi connectivity index (χ4v) is 3.65. The molecule has 1 aromatic rings. The van der Waals surface area contributed by atoms with Gasteiger partial charge in [0.1, 0.15) is 0 Å². The summed E-state index contributed by atoms with van der Waals surface area (Å²) in [4.78, 5) is 15.8. The average Bonchev–Trinajstić information content (AvgIpc) is 2.53. The SMILES string of the molecule is CC(CNC(=O)N1CCS(=O)(=O)CC1)N(C)Cc1ccccc1. The number of rotatable bonds is 5. The molecule has 7 heteroatoms. The third-order valence-corrected chi connectivity index (χ3v) is 5.82. The molecule has 1 aliphatic heterocycles. The molecule has 6 nitrogen and oxygen atoms in total. The monoisotopic (exact) mass is 339 g/mol. The molecular formula is C16H25N3O3S. The third kappa shape index (κ3) is 5.51. The molecule has 128 valence electrons. The van der Waals surface area contributed by atoms with E-state index < -0.39 is 9.84 Å². The smallest absolute Gasteiger partial charge is 0.317 e. The highest BCUT2D eigenvalue weighted by atomic mass is 32.2. The van der Waals surface area contributed by atoms with Crippen molar-refractivity contribution in [2.45, 2.75) is 19.5 Å². The van der Waals surface area contributed by atoms with Crippen molar-refractivity contribution >= 4 is 15.9 Å². The van der Waals surface area contributed by atoms with Crippen LogP contribution < -0.4 is 5.32 Å². The van der Waals surface area contributed by atoms with E-state index in [1.165, 1.54) is 5.56 Å². The van der Waals surface area contributed by atoms with Crippen LogP contribution >= 0.6 is 0 Å². The number of hydrogen-bond acceptors (Lipinski definition) is 4. The van der Waals surface area contributed by atoms with Crippen LogP contribution in [0.4, 0.5) is 4.79 Å². The van der Waals surface area contributed by atoms with Crippen molar-refractivity contribution in [2.24, 2.45) is 0 Å². The molecule has 0 aliphatic carbocycles. The molecule has 0 aromatic heterocycles. The van der Waals surface area contributed by atoms with Gasteiger partial charge in [-0.05, 0) is 19.5 Å². The Balaban J connectivity index is 1.75. The van der Waals surface area contributed by atoms with Crippen molar-refractivity contribution < 1.29 is 13.2 Å². The van der Waals surface area contributed by atoms with Gasteiger partial charge in [0.2, 0.25) is 0 Å². The number of hydrogen-bond donors (Lipinski definition) is 1. The van der Waals surface area contributed by atoms with Crippen molar-refractivity contribution in [3.05, 3.63) is 35.9 Å². The van der Waals surface area contributed by atoms with Gasteiger partial charge < -0.3 is 10.2 Å². The highest BCUT2D eigenvalue weighted by Gasteiger charge is 2.25. The molecule has 0 saturated carbocycles. The first-order chi connectivity index (χ1) is 10.9. The highest BCUT2D eigenvalue weighted by Crippen LogP contribution is 2.06. The first kappa shape index (κ1) is 17.7. The Labute approximate surface area is 138 Å². The van der Waals surface area contributed by atoms with E-state index in [1.54, 1.807) is 4.90 Å². The van der Waals surface area contributed by atoms with Crippen molar-refractivity contribution in [1.29, 1.82) is 0 Å². The summed E-state index contributed by atoms with van der Waals surface area (Å²) in [5.41, 5.74) is 1.23. The highest BCUT2D eigenvalue weighted by molar-refractivity contribution is 7.91. The fourth-order valence-electron chi connectivity index (χ4n) is 2.45. The lowest BCUT2D eigenvalue weighted by Gasteiger charge is -2.29. The number of nitrogens with one attached hydrogen (secondary N) is 1. The summed E-state index contributed by atoms with van der Waals surface area (Å²) in [6.45, 7) is 3.97. The lowest BCUT2D eigenvalue weighted by Crippen LogP contribution is -2.50. The van der Waals surface area contributed by atoms with Crippen molar-refractivity contribution in [2.75, 3.05) is 38.2 Å². The number of sulfone groups is 1. The molecule has 1 N–H and O–H groups in total. The zero-order chi connectivity index (χ0) is 16.9. The minimum absolute atomic E-state index is 0.0594. The van der Waals surface area contributed by atoms with E-state index in [0.717, 1.165) is 6.54 Å². The van der Waals surface area contributed by atoms with Crippen LogP contribution in [-0.4, -0.2) is 68.5 Å². The Morgan fingerprint density at radius 1 is 1.26 bits per heavy atom. The van der Waals surface area contributed by atoms with E-state index in [2.05, 4.69) is 29.3 Å². The molecule has 2 amide bonds. The predicted molar refractivity (Wildman–Crippen MR) is 91.0 cm³/mol. The summed E-state index contributed by atoms with van der Waals surface area (Å²) < 4.78 is 22.8. The second-order valence-electron chi connectivity index (χ2n) is 6.07. The van der Waals surface area contributed by atoms with Crippen LogP contribution in [0.3, 0.4) is 0 Å². The van der Waals surface area contributed by atoms with E-state index >= 15 is 0 Å². The largest absolute Gasteiger partial charge is 0.336 e. The van der Waals surface area contributed by atoms with Gasteiger partial charge in [-0.2, -0.15) is 0 Å². The Bertz CT molecular complexity index is 605. The average molecular weight is 339 g/mol. The van der Waals surface area contributed by atoms with Gasteiger partial charge >= 0.3 is 6.03 Å². The maximum Gasteiger partial charge on any atom is 0.317 e. The number of carbonyl (C=O) groups excluding carboxylic acids is 1. The number of nitrogens with zero attached hydrogens (tertiary/aromatic N) is 2. The lowest BCUT2D eigenvalue weighted by atomic mass is 10.2. The van der Waals surface area contributed by atoms with Gasteiger partial charge in [0, 0.05) is 32.2 Å². The van der Waals surface area contributed by atoms with Crippen LogP contribution in [0.5, 0.6) is 0 Å². The van der Waals surface area contributed by atoms with Gasteiger partial charge in [-0.1, -0.05) is 30.3 Å². The van der Waals surface area contributed by atoms with Crippen molar-refractivity contribution in [1.82, 2.24) is 15.1 Å². The summed E-state index contributed by atoms with van der Waals surface area (Å²) in [7, 11) is -0.933. The van der Waals surface area contributed by atoms with Gasteiger partial charge in [0.25, 0.3) is 0 Å². The number of amides is 2. The van der Waals surface area contributed by atoms with Crippen LogP contribution in [-0.2, 0) is 16.4 Å². The van der Waals surface area contributed by atoms with E-state index in [4.69, 9.17) is 0 Å². The molecule has 0 radical (unpaired) electrons. The van der Waals surface area contributed by atoms with Crippen molar-refractivity contribution in [3.8, 4) is 0 Å². The molecule has 2 rings (SSSR count). The van der Waals surface area contributed by atoms with Crippen LogP contribution in [0.1, 0.15) is 12.5 Å². The van der Waals surface area contributed by atoms with Gasteiger partial charge in [-0.3, -0.25) is 4.90 Å². The standard InChI is InChI=1S/C16H25N3O3S/c1-14(18(2)13-15-6-4-3-5-7-15)12-17-16(20)19-8-10-23(21,22)11-9-19/h3-7,14H,8-13H2,1-2H3,(H,17,20). The summed E-state index contributed by atoms with van der Waals surface area (Å²) in [6.07, 6.45) is 0. The summed E-state index contributed by atoms with van der Waals surface area (Å²) >= 11 is 0. The zero-order valence-corrected chi connectivity index (χ0v) is 14.6. The second kappa shape index (κ2) is 7.79. The second-order valence-corrected chi connectivity index (χ2v) is 8.38. The lowest BCUT2D eigenvalue weighted by molar-refractivity contribution is 0.193. The number of carbonyl (C=O) groups is 1. The normalized spacial score (nSPS) is 18.7. The Kier molecular flexibility index (Phi) is 6.01. The Morgan fingerprint density at radius 3 is 2.48 bits per heavy atom. The molecule has 1 fully saturated rings. The maximum atomic E-state index is 12.1. The molecule has 1 aromatic carbocycles. The number of benzene rings is 1. The minimum Gasteiger partial charge on any atom is -0.336 e. The molecular weight excluding hydrogens is 314 g/mol. The van der Waals surface area contributed by atoms with E-state index in [1.807, 2.05) is 25.2 Å². The Morgan fingerprint density at radius 2 is 1.87 bits per heavy atom. The van der Waals surface area contributed by atoms with Gasteiger partial charge in [0.05, 0.1) is 11.5 Å². The third-order valence-electron chi connectivity index (χ3n) is 4.21. The molecule has 1 heterocycles. The predicted octanol–water partition coefficient (Wildman–Crippen LogP) is 0.947. The first-order valence-corrected chi connectivity index (χ1v) is 9.67. The van der Waals surface area contributed by atoms with Crippen LogP contribution in [0, 0.1) is 0 Å². The van der Waals surface area contributed by atoms with Crippen LogP contribution in [0.15, 0.2) is 30.3 Å².